The van der Waals surface area contributed by atoms with Gasteiger partial charge in [-0.1, -0.05) is 36.4 Å². The van der Waals surface area contributed by atoms with Crippen molar-refractivity contribution in [2.24, 2.45) is 0 Å². The summed E-state index contributed by atoms with van der Waals surface area (Å²) in [5.74, 6) is 0.488. The number of rotatable bonds is 3. The lowest BCUT2D eigenvalue weighted by Gasteiger charge is -2.12. The van der Waals surface area contributed by atoms with Crippen molar-refractivity contribution in [2.45, 2.75) is 12.5 Å². The summed E-state index contributed by atoms with van der Waals surface area (Å²) in [6, 6.07) is 17.6. The number of anilines is 1. The molecule has 4 nitrogen and oxygen atoms in total. The zero-order chi connectivity index (χ0) is 14.9. The van der Waals surface area contributed by atoms with Crippen molar-refractivity contribution in [3.63, 3.8) is 0 Å². The van der Waals surface area contributed by atoms with E-state index in [2.05, 4.69) is 16.4 Å². The molecule has 0 radical (unpaired) electrons. The Morgan fingerprint density at radius 3 is 2.68 bits per heavy atom. The molecule has 2 aromatic carbocycles. The van der Waals surface area contributed by atoms with E-state index in [1.54, 1.807) is 6.20 Å². The summed E-state index contributed by atoms with van der Waals surface area (Å²) >= 11 is 0. The number of hydrogen-bond donors (Lipinski definition) is 1. The molecule has 1 atom stereocenters. The second-order valence-corrected chi connectivity index (χ2v) is 5.38. The quantitative estimate of drug-likeness (QED) is 0.754. The van der Waals surface area contributed by atoms with Gasteiger partial charge in [0.2, 0.25) is 5.78 Å². The molecule has 0 amide bonds. The molecule has 1 aliphatic rings. The van der Waals surface area contributed by atoms with Gasteiger partial charge in [0.25, 0.3) is 0 Å². The van der Waals surface area contributed by atoms with E-state index in [1.165, 1.54) is 5.56 Å². The second-order valence-electron chi connectivity index (χ2n) is 5.38. The highest BCUT2D eigenvalue weighted by atomic mass is 16.1. The lowest BCUT2D eigenvalue weighted by atomic mass is 10.1. The number of carbonyl (C=O) groups is 1. The van der Waals surface area contributed by atoms with Gasteiger partial charge in [-0.25, -0.2) is 4.98 Å². The van der Waals surface area contributed by atoms with Gasteiger partial charge in [0, 0.05) is 30.2 Å². The molecule has 0 spiro atoms. The van der Waals surface area contributed by atoms with Crippen molar-refractivity contribution in [1.82, 2.24) is 9.55 Å². The Kier molecular flexibility index (Phi) is 3.00. The molecule has 3 aromatic rings. The average Bonchev–Trinajstić information content (AvgIpc) is 3.21. The maximum absolute atomic E-state index is 12.8. The van der Waals surface area contributed by atoms with Gasteiger partial charge in [0.05, 0.1) is 6.04 Å². The fourth-order valence-corrected chi connectivity index (χ4v) is 2.89. The van der Waals surface area contributed by atoms with E-state index in [9.17, 15) is 4.79 Å². The van der Waals surface area contributed by atoms with Crippen LogP contribution < -0.4 is 5.32 Å². The minimum Gasteiger partial charge on any atom is -0.374 e. The van der Waals surface area contributed by atoms with Crippen LogP contribution in [0.25, 0.3) is 5.69 Å². The molecule has 1 aromatic heterocycles. The van der Waals surface area contributed by atoms with Crippen molar-refractivity contribution >= 4 is 11.5 Å². The first-order valence-electron chi connectivity index (χ1n) is 7.30. The lowest BCUT2D eigenvalue weighted by molar-refractivity contribution is 0.0960. The van der Waals surface area contributed by atoms with Gasteiger partial charge >= 0.3 is 0 Å². The van der Waals surface area contributed by atoms with Crippen LogP contribution in [-0.2, 0) is 6.42 Å². The first kappa shape index (κ1) is 12.8. The van der Waals surface area contributed by atoms with Crippen LogP contribution in [0.5, 0.6) is 0 Å². The Morgan fingerprint density at radius 2 is 1.86 bits per heavy atom. The van der Waals surface area contributed by atoms with Crippen LogP contribution in [0, 0.1) is 0 Å². The molecule has 0 aliphatic carbocycles. The Labute approximate surface area is 128 Å². The topological polar surface area (TPSA) is 46.9 Å². The predicted octanol–water partition coefficient (Wildman–Crippen LogP) is 3.09. The van der Waals surface area contributed by atoms with Gasteiger partial charge < -0.3 is 5.32 Å². The van der Waals surface area contributed by atoms with Crippen LogP contribution >= 0.6 is 0 Å². The molecule has 0 unspecified atom stereocenters. The molecule has 22 heavy (non-hydrogen) atoms. The highest BCUT2D eigenvalue weighted by Gasteiger charge is 2.29. The van der Waals surface area contributed by atoms with Crippen molar-refractivity contribution in [2.75, 3.05) is 5.32 Å². The van der Waals surface area contributed by atoms with E-state index in [-0.39, 0.29) is 11.8 Å². The minimum absolute atomic E-state index is 0.0186. The van der Waals surface area contributed by atoms with E-state index in [0.29, 0.717) is 12.2 Å². The van der Waals surface area contributed by atoms with Gasteiger partial charge in [-0.2, -0.15) is 0 Å². The number of nitrogens with zero attached hydrogens (tertiary/aromatic N) is 2. The standard InChI is InChI=1S/C18H15N3O/c22-17(16-12-13-6-4-5-9-15(13)20-16)18-19-10-11-21(18)14-7-2-1-3-8-14/h1-11,16,20H,12H2/t16-/m0/s1. The van der Waals surface area contributed by atoms with Gasteiger partial charge in [-0.05, 0) is 23.8 Å². The zero-order valence-electron chi connectivity index (χ0n) is 11.9. The number of aromatic nitrogens is 2. The Bertz CT molecular complexity index is 798. The fraction of sp³-hybridized carbons (Fsp3) is 0.111. The molecule has 0 bridgehead atoms. The molecule has 0 fully saturated rings. The van der Waals surface area contributed by atoms with Crippen LogP contribution in [0.4, 0.5) is 5.69 Å². The van der Waals surface area contributed by atoms with Crippen LogP contribution in [-0.4, -0.2) is 21.4 Å². The number of fused-ring (bicyclic) bond motifs is 1. The minimum atomic E-state index is -0.248. The van der Waals surface area contributed by atoms with Gasteiger partial charge in [-0.15, -0.1) is 0 Å². The van der Waals surface area contributed by atoms with E-state index in [4.69, 9.17) is 0 Å². The van der Waals surface area contributed by atoms with Gasteiger partial charge in [0.1, 0.15) is 0 Å². The maximum Gasteiger partial charge on any atom is 0.221 e. The Balaban J connectivity index is 1.65. The summed E-state index contributed by atoms with van der Waals surface area (Å²) in [6.45, 7) is 0. The molecule has 2 heterocycles. The first-order valence-corrected chi connectivity index (χ1v) is 7.30. The second kappa shape index (κ2) is 5.15. The number of ketones is 1. The molecule has 0 saturated carbocycles. The third-order valence-electron chi connectivity index (χ3n) is 3.98. The van der Waals surface area contributed by atoms with Crippen molar-refractivity contribution in [1.29, 1.82) is 0 Å². The van der Waals surface area contributed by atoms with Crippen molar-refractivity contribution in [3.05, 3.63) is 78.4 Å². The third kappa shape index (κ3) is 2.09. The number of nitrogens with one attached hydrogen (secondary N) is 1. The summed E-state index contributed by atoms with van der Waals surface area (Å²) in [6.07, 6.45) is 4.20. The molecule has 1 aliphatic heterocycles. The highest BCUT2D eigenvalue weighted by Crippen LogP contribution is 2.27. The van der Waals surface area contributed by atoms with Crippen LogP contribution in [0.15, 0.2) is 67.0 Å². The number of benzene rings is 2. The summed E-state index contributed by atoms with van der Waals surface area (Å²) in [5.41, 5.74) is 3.16. The molecule has 4 rings (SSSR count). The molecule has 4 heteroatoms. The van der Waals surface area contributed by atoms with Crippen molar-refractivity contribution < 1.29 is 4.79 Å². The van der Waals surface area contributed by atoms with Crippen LogP contribution in [0.2, 0.25) is 0 Å². The maximum atomic E-state index is 12.8. The normalized spacial score (nSPS) is 16.1. The van der Waals surface area contributed by atoms with Crippen molar-refractivity contribution in [3.8, 4) is 5.69 Å². The summed E-state index contributed by atoms with van der Waals surface area (Å²) in [4.78, 5) is 17.1. The van der Waals surface area contributed by atoms with Crippen LogP contribution in [0.1, 0.15) is 16.2 Å². The molecule has 108 valence electrons. The molecule has 0 saturated heterocycles. The molecular weight excluding hydrogens is 274 g/mol. The summed E-state index contributed by atoms with van der Waals surface area (Å²) in [7, 11) is 0. The van der Waals surface area contributed by atoms with Gasteiger partial charge in [-0.3, -0.25) is 9.36 Å². The van der Waals surface area contributed by atoms with E-state index in [0.717, 1.165) is 11.4 Å². The SMILES string of the molecule is O=C(c1nccn1-c1ccccc1)[C@@H]1Cc2ccccc2N1. The highest BCUT2D eigenvalue weighted by molar-refractivity contribution is 6.00. The number of para-hydroxylation sites is 2. The Hall–Kier alpha value is -2.88. The molecular formula is C18H15N3O. The molecule has 1 N–H and O–H groups in total. The largest absolute Gasteiger partial charge is 0.374 e. The lowest BCUT2D eigenvalue weighted by Crippen LogP contribution is -2.29. The van der Waals surface area contributed by atoms with E-state index in [1.807, 2.05) is 59.3 Å². The number of Topliss-reactive ketones (excluding diaryl/α,β-unsaturated/α-hetero) is 1. The van der Waals surface area contributed by atoms with E-state index >= 15 is 0 Å². The number of hydrogen-bond acceptors (Lipinski definition) is 3. The average molecular weight is 289 g/mol. The predicted molar refractivity (Wildman–Crippen MR) is 85.5 cm³/mol. The third-order valence-corrected chi connectivity index (χ3v) is 3.98. The fourth-order valence-electron chi connectivity index (χ4n) is 2.89. The summed E-state index contributed by atoms with van der Waals surface area (Å²) in [5, 5.41) is 3.30. The zero-order valence-corrected chi connectivity index (χ0v) is 11.9. The van der Waals surface area contributed by atoms with E-state index < -0.39 is 0 Å². The number of carbonyl (C=O) groups excluding carboxylic acids is 1. The Morgan fingerprint density at radius 1 is 1.09 bits per heavy atom. The summed E-state index contributed by atoms with van der Waals surface area (Å²) < 4.78 is 1.84. The number of imidazole rings is 1. The first-order chi connectivity index (χ1) is 10.8. The monoisotopic (exact) mass is 289 g/mol. The van der Waals surface area contributed by atoms with Gasteiger partial charge in [0.15, 0.2) is 5.82 Å². The van der Waals surface area contributed by atoms with Crippen LogP contribution in [0.3, 0.4) is 0 Å². The smallest absolute Gasteiger partial charge is 0.221 e.